The monoisotopic (exact) mass is 196 g/mol. The van der Waals surface area contributed by atoms with E-state index in [9.17, 15) is 4.79 Å². The van der Waals surface area contributed by atoms with Crippen molar-refractivity contribution in [2.45, 2.75) is 33.6 Å². The molecule has 0 N–H and O–H groups in total. The fourth-order valence-electron chi connectivity index (χ4n) is 2.32. The van der Waals surface area contributed by atoms with Gasteiger partial charge in [-0.2, -0.15) is 0 Å². The predicted molar refractivity (Wildman–Crippen MR) is 56.8 cm³/mol. The fourth-order valence-corrected chi connectivity index (χ4v) is 2.32. The number of methoxy groups -OCH3 is 1. The van der Waals surface area contributed by atoms with Gasteiger partial charge in [0.25, 0.3) is 0 Å². The summed E-state index contributed by atoms with van der Waals surface area (Å²) in [6.45, 7) is 10.4. The van der Waals surface area contributed by atoms with E-state index in [2.05, 4.69) is 27.4 Å². The van der Waals surface area contributed by atoms with E-state index in [4.69, 9.17) is 4.74 Å². The Kier molecular flexibility index (Phi) is 3.03. The summed E-state index contributed by atoms with van der Waals surface area (Å²) in [4.78, 5) is 11.7. The van der Waals surface area contributed by atoms with Gasteiger partial charge in [0, 0.05) is 0 Å². The van der Waals surface area contributed by atoms with E-state index in [0.29, 0.717) is 5.92 Å². The summed E-state index contributed by atoms with van der Waals surface area (Å²) in [7, 11) is 1.45. The second-order valence-corrected chi connectivity index (χ2v) is 4.88. The highest BCUT2D eigenvalue weighted by atomic mass is 16.5. The molecule has 0 aromatic carbocycles. The number of rotatable bonds is 1. The third-order valence-corrected chi connectivity index (χ3v) is 3.76. The summed E-state index contributed by atoms with van der Waals surface area (Å²) in [5.74, 6) is 0.278. The van der Waals surface area contributed by atoms with E-state index in [1.165, 1.54) is 7.11 Å². The summed E-state index contributed by atoms with van der Waals surface area (Å²) < 4.78 is 4.84. The minimum Gasteiger partial charge on any atom is -0.469 e. The highest BCUT2D eigenvalue weighted by Crippen LogP contribution is 2.47. The van der Waals surface area contributed by atoms with Crippen molar-refractivity contribution in [2.24, 2.45) is 17.3 Å². The Labute approximate surface area is 86.3 Å². The second-order valence-electron chi connectivity index (χ2n) is 4.88. The summed E-state index contributed by atoms with van der Waals surface area (Å²) in [5, 5.41) is 0. The van der Waals surface area contributed by atoms with Crippen molar-refractivity contribution >= 4 is 5.97 Å². The molecule has 0 aromatic rings. The molecule has 0 aliphatic heterocycles. The van der Waals surface area contributed by atoms with Crippen LogP contribution in [0.15, 0.2) is 12.2 Å². The van der Waals surface area contributed by atoms with Crippen LogP contribution in [-0.4, -0.2) is 13.1 Å². The van der Waals surface area contributed by atoms with E-state index >= 15 is 0 Å². The number of ether oxygens (including phenoxy) is 1. The van der Waals surface area contributed by atoms with E-state index in [0.717, 1.165) is 18.4 Å². The van der Waals surface area contributed by atoms with Crippen LogP contribution in [0, 0.1) is 17.3 Å². The Morgan fingerprint density at radius 3 is 2.64 bits per heavy atom. The molecule has 0 radical (unpaired) electrons. The zero-order valence-corrected chi connectivity index (χ0v) is 9.59. The first-order valence-electron chi connectivity index (χ1n) is 5.16. The van der Waals surface area contributed by atoms with Gasteiger partial charge in [-0.25, -0.2) is 0 Å². The SMILES string of the molecule is C=C1CC[C@H](C)C(C)(C)[C@H]1C(=O)OC. The molecule has 2 heteroatoms. The molecular weight excluding hydrogens is 176 g/mol. The van der Waals surface area contributed by atoms with E-state index in [1.807, 2.05) is 0 Å². The zero-order valence-electron chi connectivity index (χ0n) is 9.59. The average Bonchev–Trinajstić information content (AvgIpc) is 2.11. The lowest BCUT2D eigenvalue weighted by Crippen LogP contribution is -2.41. The van der Waals surface area contributed by atoms with Gasteiger partial charge in [0.2, 0.25) is 0 Å². The van der Waals surface area contributed by atoms with Crippen LogP contribution in [0.25, 0.3) is 0 Å². The van der Waals surface area contributed by atoms with Gasteiger partial charge < -0.3 is 4.74 Å². The van der Waals surface area contributed by atoms with E-state index < -0.39 is 0 Å². The van der Waals surface area contributed by atoms with Crippen LogP contribution in [0.1, 0.15) is 33.6 Å². The Hall–Kier alpha value is -0.790. The molecule has 80 valence electrons. The molecule has 0 spiro atoms. The molecule has 1 aliphatic carbocycles. The van der Waals surface area contributed by atoms with Crippen molar-refractivity contribution in [3.05, 3.63) is 12.2 Å². The first-order chi connectivity index (χ1) is 6.41. The second kappa shape index (κ2) is 3.76. The summed E-state index contributed by atoms with van der Waals surface area (Å²) in [5.41, 5.74) is 1.00. The maximum Gasteiger partial charge on any atom is 0.313 e. The van der Waals surface area contributed by atoms with Crippen LogP contribution >= 0.6 is 0 Å². The van der Waals surface area contributed by atoms with Crippen LogP contribution in [0.4, 0.5) is 0 Å². The van der Waals surface area contributed by atoms with Gasteiger partial charge in [-0.1, -0.05) is 32.9 Å². The lowest BCUT2D eigenvalue weighted by molar-refractivity contribution is -0.150. The van der Waals surface area contributed by atoms with Crippen molar-refractivity contribution in [1.82, 2.24) is 0 Å². The number of carbonyl (C=O) groups excluding carboxylic acids is 1. The van der Waals surface area contributed by atoms with Crippen LogP contribution < -0.4 is 0 Å². The lowest BCUT2D eigenvalue weighted by atomic mass is 9.61. The summed E-state index contributed by atoms with van der Waals surface area (Å²) >= 11 is 0. The summed E-state index contributed by atoms with van der Waals surface area (Å²) in [6, 6.07) is 0. The van der Waals surface area contributed by atoms with Gasteiger partial charge in [-0.3, -0.25) is 4.79 Å². The van der Waals surface area contributed by atoms with Gasteiger partial charge in [0.05, 0.1) is 13.0 Å². The van der Waals surface area contributed by atoms with Crippen molar-refractivity contribution in [3.63, 3.8) is 0 Å². The molecule has 2 atom stereocenters. The maximum atomic E-state index is 11.7. The largest absolute Gasteiger partial charge is 0.469 e. The Balaban J connectivity index is 2.97. The van der Waals surface area contributed by atoms with E-state index in [-0.39, 0.29) is 17.3 Å². The van der Waals surface area contributed by atoms with Gasteiger partial charge in [-0.15, -0.1) is 0 Å². The molecule has 0 saturated heterocycles. The third kappa shape index (κ3) is 1.70. The van der Waals surface area contributed by atoms with Gasteiger partial charge >= 0.3 is 5.97 Å². The smallest absolute Gasteiger partial charge is 0.313 e. The first kappa shape index (κ1) is 11.3. The Bertz CT molecular complexity index is 245. The molecular formula is C12H20O2. The first-order valence-corrected chi connectivity index (χ1v) is 5.16. The molecule has 0 aromatic heterocycles. The molecule has 1 fully saturated rings. The van der Waals surface area contributed by atoms with Crippen LogP contribution in [0.2, 0.25) is 0 Å². The topological polar surface area (TPSA) is 26.3 Å². The zero-order chi connectivity index (χ0) is 10.9. The maximum absolute atomic E-state index is 11.7. The van der Waals surface area contributed by atoms with Crippen molar-refractivity contribution in [2.75, 3.05) is 7.11 Å². The van der Waals surface area contributed by atoms with E-state index in [1.54, 1.807) is 0 Å². The normalized spacial score (nSPS) is 31.3. The minimum absolute atomic E-state index is 0.0254. The standard InChI is InChI=1S/C12H20O2/c1-8-6-7-9(2)12(3,4)10(8)11(13)14-5/h9-10H,1,6-7H2,2-5H3/t9-,10+/m0/s1. The average molecular weight is 196 g/mol. The number of esters is 1. The predicted octanol–water partition coefficient (Wildman–Crippen LogP) is 2.79. The Morgan fingerprint density at radius 2 is 2.14 bits per heavy atom. The minimum atomic E-state index is -0.133. The quantitative estimate of drug-likeness (QED) is 0.476. The molecule has 0 unspecified atom stereocenters. The number of carbonyl (C=O) groups is 1. The summed E-state index contributed by atoms with van der Waals surface area (Å²) in [6.07, 6.45) is 2.07. The van der Waals surface area contributed by atoms with Gasteiger partial charge in [0.15, 0.2) is 0 Å². The Morgan fingerprint density at radius 1 is 1.57 bits per heavy atom. The van der Waals surface area contributed by atoms with Crippen molar-refractivity contribution in [3.8, 4) is 0 Å². The van der Waals surface area contributed by atoms with Crippen LogP contribution in [0.5, 0.6) is 0 Å². The van der Waals surface area contributed by atoms with Gasteiger partial charge in [-0.05, 0) is 24.2 Å². The van der Waals surface area contributed by atoms with Crippen molar-refractivity contribution < 1.29 is 9.53 Å². The van der Waals surface area contributed by atoms with Crippen molar-refractivity contribution in [1.29, 1.82) is 0 Å². The number of hydrogen-bond acceptors (Lipinski definition) is 2. The molecule has 1 saturated carbocycles. The molecule has 1 rings (SSSR count). The molecule has 0 heterocycles. The highest BCUT2D eigenvalue weighted by molar-refractivity contribution is 5.76. The van der Waals surface area contributed by atoms with Crippen LogP contribution in [-0.2, 0) is 9.53 Å². The van der Waals surface area contributed by atoms with Gasteiger partial charge in [0.1, 0.15) is 0 Å². The highest BCUT2D eigenvalue weighted by Gasteiger charge is 2.44. The molecule has 0 amide bonds. The van der Waals surface area contributed by atoms with Crippen LogP contribution in [0.3, 0.4) is 0 Å². The molecule has 0 bridgehead atoms. The lowest BCUT2D eigenvalue weighted by Gasteiger charge is -2.43. The third-order valence-electron chi connectivity index (χ3n) is 3.76. The molecule has 1 aliphatic rings. The fraction of sp³-hybridized carbons (Fsp3) is 0.750. The molecule has 14 heavy (non-hydrogen) atoms. The number of hydrogen-bond donors (Lipinski definition) is 0. The molecule has 2 nitrogen and oxygen atoms in total.